The number of halogens is 3. The van der Waals surface area contributed by atoms with Crippen molar-refractivity contribution in [2.24, 2.45) is 0 Å². The first-order valence-corrected chi connectivity index (χ1v) is 9.99. The minimum atomic E-state index is -1.56. The first kappa shape index (κ1) is 20.8. The largest absolute Gasteiger partial charge is 0.490 e. The lowest BCUT2D eigenvalue weighted by molar-refractivity contribution is -0.116. The monoisotopic (exact) mass is 438 g/mol. The van der Waals surface area contributed by atoms with E-state index in [-0.39, 0.29) is 42.6 Å². The Labute approximate surface area is 177 Å². The third-order valence-electron chi connectivity index (χ3n) is 5.64. The number of rotatable bonds is 4. The molecule has 0 aliphatic carbocycles. The van der Waals surface area contributed by atoms with E-state index in [9.17, 15) is 23.8 Å². The average Bonchev–Trinajstić information content (AvgIpc) is 2.70. The molecule has 2 atom stereocenters. The Balaban J connectivity index is 1.46. The summed E-state index contributed by atoms with van der Waals surface area (Å²) in [6.45, 7) is 0.0835. The van der Waals surface area contributed by atoms with Crippen LogP contribution in [0.1, 0.15) is 18.4 Å². The van der Waals surface area contributed by atoms with Gasteiger partial charge in [-0.2, -0.15) is 0 Å². The highest BCUT2D eigenvalue weighted by Gasteiger charge is 2.42. The minimum absolute atomic E-state index is 0.00992. The van der Waals surface area contributed by atoms with Crippen molar-refractivity contribution in [3.8, 4) is 5.75 Å². The molecule has 0 bridgehead atoms. The molecule has 0 spiro atoms. The third-order valence-corrected chi connectivity index (χ3v) is 5.88. The van der Waals surface area contributed by atoms with Gasteiger partial charge in [-0.15, -0.1) is 0 Å². The van der Waals surface area contributed by atoms with E-state index in [2.05, 4.69) is 5.32 Å². The number of fused-ring (bicyclic) bond motifs is 1. The van der Waals surface area contributed by atoms with Crippen molar-refractivity contribution in [1.29, 1.82) is 0 Å². The molecular weight excluding hydrogens is 418 g/mol. The summed E-state index contributed by atoms with van der Waals surface area (Å²) in [5.41, 5.74) is -0.652. The van der Waals surface area contributed by atoms with Crippen LogP contribution < -0.4 is 15.0 Å². The van der Waals surface area contributed by atoms with Gasteiger partial charge < -0.3 is 25.2 Å². The van der Waals surface area contributed by atoms with Crippen LogP contribution in [0.25, 0.3) is 0 Å². The zero-order valence-corrected chi connectivity index (χ0v) is 16.8. The molecule has 160 valence electrons. The van der Waals surface area contributed by atoms with Gasteiger partial charge in [0.1, 0.15) is 35.7 Å². The molecule has 6 nitrogen and oxygen atoms in total. The highest BCUT2D eigenvalue weighted by molar-refractivity contribution is 6.30. The second kappa shape index (κ2) is 8.02. The van der Waals surface area contributed by atoms with E-state index >= 15 is 0 Å². The molecule has 0 aromatic heterocycles. The normalized spacial score (nSPS) is 23.7. The second-order valence-electron chi connectivity index (χ2n) is 7.65. The van der Waals surface area contributed by atoms with Crippen LogP contribution in [0.3, 0.4) is 0 Å². The number of hydrogen-bond acceptors (Lipinski definition) is 5. The molecule has 2 aliphatic rings. The van der Waals surface area contributed by atoms with E-state index in [1.165, 1.54) is 24.3 Å². The summed E-state index contributed by atoms with van der Waals surface area (Å²) in [4.78, 5) is 13.2. The maximum Gasteiger partial charge on any atom is 0.224 e. The molecular formula is C21H21ClF2N2O4. The van der Waals surface area contributed by atoms with Crippen LogP contribution in [0.5, 0.6) is 5.75 Å². The average molecular weight is 439 g/mol. The molecule has 30 heavy (non-hydrogen) atoms. The zero-order valence-electron chi connectivity index (χ0n) is 16.0. The molecule has 9 heteroatoms. The molecule has 2 aliphatic heterocycles. The Bertz CT molecular complexity index is 990. The first-order valence-electron chi connectivity index (χ1n) is 9.61. The van der Waals surface area contributed by atoms with Crippen LogP contribution in [0.4, 0.5) is 20.2 Å². The molecule has 1 fully saturated rings. The number of nitrogens with zero attached hydrogens (tertiary/aromatic N) is 1. The van der Waals surface area contributed by atoms with E-state index in [0.29, 0.717) is 30.0 Å². The van der Waals surface area contributed by atoms with Gasteiger partial charge in [0.2, 0.25) is 5.91 Å². The second-order valence-corrected chi connectivity index (χ2v) is 8.08. The quantitative estimate of drug-likeness (QED) is 0.684. The van der Waals surface area contributed by atoms with Gasteiger partial charge in [0.05, 0.1) is 11.4 Å². The predicted octanol–water partition coefficient (Wildman–Crippen LogP) is 2.88. The van der Waals surface area contributed by atoms with Crippen LogP contribution in [0.15, 0.2) is 30.3 Å². The van der Waals surface area contributed by atoms with Crippen molar-refractivity contribution in [3.63, 3.8) is 0 Å². The lowest BCUT2D eigenvalue weighted by Gasteiger charge is -2.42. The SMILES string of the molecule is O=C1CCc2c(OC[C@]3(O)CCN(c4ccc(Cl)cc4F)C[C@@H]3O)ccc(F)c2N1. The molecule has 0 saturated carbocycles. The summed E-state index contributed by atoms with van der Waals surface area (Å²) in [7, 11) is 0. The van der Waals surface area contributed by atoms with Crippen LogP contribution in [0, 0.1) is 11.6 Å². The highest BCUT2D eigenvalue weighted by Crippen LogP contribution is 2.35. The topological polar surface area (TPSA) is 82.0 Å². The number of carbonyl (C=O) groups is 1. The van der Waals surface area contributed by atoms with E-state index in [1.54, 1.807) is 11.0 Å². The van der Waals surface area contributed by atoms with Gasteiger partial charge in [0, 0.05) is 30.1 Å². The fourth-order valence-corrected chi connectivity index (χ4v) is 4.01. The maximum absolute atomic E-state index is 14.2. The van der Waals surface area contributed by atoms with Gasteiger partial charge >= 0.3 is 0 Å². The van der Waals surface area contributed by atoms with Crippen LogP contribution in [-0.2, 0) is 11.2 Å². The van der Waals surface area contributed by atoms with Gasteiger partial charge in [0.15, 0.2) is 0 Å². The lowest BCUT2D eigenvalue weighted by Crippen LogP contribution is -2.58. The standard InChI is InChI=1S/C21H21ClF2N2O4/c22-12-1-4-16(15(24)9-12)26-8-7-21(29,18(27)10-26)11-30-17-5-3-14(23)20-13(17)2-6-19(28)25-20/h1,3-5,9,18,27,29H,2,6-8,10-11H2,(H,25,28)/t18-,21+/m0/s1. The third kappa shape index (κ3) is 3.95. The smallest absolute Gasteiger partial charge is 0.224 e. The van der Waals surface area contributed by atoms with Crippen molar-refractivity contribution in [3.05, 3.63) is 52.6 Å². The summed E-state index contributed by atoms with van der Waals surface area (Å²) in [5, 5.41) is 24.3. The Morgan fingerprint density at radius 1 is 1.23 bits per heavy atom. The maximum atomic E-state index is 14.2. The zero-order chi connectivity index (χ0) is 21.5. The number of amides is 1. The summed E-state index contributed by atoms with van der Waals surface area (Å²) >= 11 is 5.79. The minimum Gasteiger partial charge on any atom is -0.490 e. The van der Waals surface area contributed by atoms with Crippen molar-refractivity contribution in [1.82, 2.24) is 0 Å². The molecule has 2 aromatic rings. The number of benzene rings is 2. The summed E-state index contributed by atoms with van der Waals surface area (Å²) in [5.74, 6) is -0.980. The van der Waals surface area contributed by atoms with Crippen molar-refractivity contribution in [2.45, 2.75) is 31.0 Å². The molecule has 3 N–H and O–H groups in total. The van der Waals surface area contributed by atoms with Gasteiger partial charge in [0.25, 0.3) is 0 Å². The molecule has 4 rings (SSSR count). The van der Waals surface area contributed by atoms with E-state index in [4.69, 9.17) is 16.3 Å². The molecule has 1 amide bonds. The highest BCUT2D eigenvalue weighted by atomic mass is 35.5. The Morgan fingerprint density at radius 2 is 2.03 bits per heavy atom. The number of hydrogen-bond donors (Lipinski definition) is 3. The number of piperidine rings is 1. The molecule has 1 saturated heterocycles. The fourth-order valence-electron chi connectivity index (χ4n) is 3.85. The Morgan fingerprint density at radius 3 is 2.77 bits per heavy atom. The van der Waals surface area contributed by atoms with Crippen LogP contribution in [-0.4, -0.2) is 47.5 Å². The molecule has 0 unspecified atom stereocenters. The number of β-amino-alcohol motifs (C(OH)–C–C–N with tert-alkyl or cyclic N) is 1. The molecule has 2 heterocycles. The van der Waals surface area contributed by atoms with Crippen molar-refractivity contribution < 1.29 is 28.5 Å². The number of carbonyl (C=O) groups excluding carboxylic acids is 1. The Kier molecular flexibility index (Phi) is 5.57. The van der Waals surface area contributed by atoms with E-state index < -0.39 is 23.3 Å². The number of aliphatic hydroxyl groups is 2. The number of aliphatic hydroxyl groups excluding tert-OH is 1. The van der Waals surface area contributed by atoms with Gasteiger partial charge in [-0.25, -0.2) is 8.78 Å². The summed E-state index contributed by atoms with van der Waals surface area (Å²) in [6, 6.07) is 6.92. The van der Waals surface area contributed by atoms with Crippen LogP contribution >= 0.6 is 11.6 Å². The van der Waals surface area contributed by atoms with Crippen molar-refractivity contribution in [2.75, 3.05) is 29.9 Å². The van der Waals surface area contributed by atoms with Gasteiger partial charge in [-0.05, 0) is 43.2 Å². The lowest BCUT2D eigenvalue weighted by atomic mass is 9.89. The fraction of sp³-hybridized carbons (Fsp3) is 0.381. The van der Waals surface area contributed by atoms with Gasteiger partial charge in [-0.3, -0.25) is 4.79 Å². The molecule has 2 aromatic carbocycles. The number of ether oxygens (including phenoxy) is 1. The van der Waals surface area contributed by atoms with E-state index in [1.807, 2.05) is 0 Å². The molecule has 0 radical (unpaired) electrons. The Hall–Kier alpha value is -2.42. The summed E-state index contributed by atoms with van der Waals surface area (Å²) < 4.78 is 34.0. The first-order chi connectivity index (χ1) is 14.3. The number of nitrogens with one attached hydrogen (secondary N) is 1. The number of anilines is 2. The van der Waals surface area contributed by atoms with E-state index in [0.717, 1.165) is 0 Å². The predicted molar refractivity (Wildman–Crippen MR) is 108 cm³/mol. The van der Waals surface area contributed by atoms with Crippen LogP contribution in [0.2, 0.25) is 5.02 Å². The van der Waals surface area contributed by atoms with Gasteiger partial charge in [-0.1, -0.05) is 11.6 Å². The van der Waals surface area contributed by atoms with Crippen molar-refractivity contribution >= 4 is 28.9 Å². The summed E-state index contributed by atoms with van der Waals surface area (Å²) in [6.07, 6.45) is -0.534.